The lowest BCUT2D eigenvalue weighted by molar-refractivity contribution is 0.591. The summed E-state index contributed by atoms with van der Waals surface area (Å²) in [6.07, 6.45) is 1.86. The highest BCUT2D eigenvalue weighted by Gasteiger charge is 2.17. The molecule has 0 bridgehead atoms. The van der Waals surface area contributed by atoms with Gasteiger partial charge in [0.2, 0.25) is 0 Å². The van der Waals surface area contributed by atoms with Crippen LogP contribution in [0.1, 0.15) is 51.7 Å². The van der Waals surface area contributed by atoms with Gasteiger partial charge in [0, 0.05) is 11.8 Å². The van der Waals surface area contributed by atoms with Crippen molar-refractivity contribution in [2.45, 2.75) is 46.0 Å². The van der Waals surface area contributed by atoms with Crippen LogP contribution in [-0.4, -0.2) is 4.98 Å². The maximum Gasteiger partial charge on any atom is 0.0702 e. The van der Waals surface area contributed by atoms with Gasteiger partial charge in [0.1, 0.15) is 0 Å². The zero-order valence-corrected chi connectivity index (χ0v) is 19.0. The molecule has 0 aliphatic carbocycles. The summed E-state index contributed by atoms with van der Waals surface area (Å²) in [6, 6.07) is 26.9. The second-order valence-electron chi connectivity index (χ2n) is 9.95. The first-order valence-corrected chi connectivity index (χ1v) is 11.2. The standard InChI is InChI=1S/C30H29N/c1-19(2)20-9-12-25-26(16-20)27-17-21(29-8-6-7-15-31-29)10-13-23(27)24-14-11-22(18-28(24)25)30(3,4)5/h6-19H,1-5H3. The van der Waals surface area contributed by atoms with Crippen molar-refractivity contribution in [2.24, 2.45) is 0 Å². The summed E-state index contributed by atoms with van der Waals surface area (Å²) in [5.41, 5.74) is 5.05. The molecule has 5 rings (SSSR count). The summed E-state index contributed by atoms with van der Waals surface area (Å²) in [5.74, 6) is 0.495. The van der Waals surface area contributed by atoms with Crippen LogP contribution in [0.4, 0.5) is 0 Å². The van der Waals surface area contributed by atoms with Gasteiger partial charge in [0.25, 0.3) is 0 Å². The fourth-order valence-electron chi connectivity index (χ4n) is 4.54. The first kappa shape index (κ1) is 19.8. The Morgan fingerprint density at radius 2 is 1.29 bits per heavy atom. The van der Waals surface area contributed by atoms with Gasteiger partial charge in [-0.25, -0.2) is 0 Å². The van der Waals surface area contributed by atoms with Crippen molar-refractivity contribution < 1.29 is 0 Å². The van der Waals surface area contributed by atoms with Gasteiger partial charge in [-0.05, 0) is 79.0 Å². The Labute approximate surface area is 184 Å². The minimum atomic E-state index is 0.121. The molecule has 0 saturated heterocycles. The summed E-state index contributed by atoms with van der Waals surface area (Å²) in [5, 5.41) is 7.94. The molecule has 1 heteroatoms. The van der Waals surface area contributed by atoms with Crippen molar-refractivity contribution in [3.05, 3.63) is 90.1 Å². The summed E-state index contributed by atoms with van der Waals surface area (Å²) >= 11 is 0. The molecule has 5 aromatic rings. The van der Waals surface area contributed by atoms with Gasteiger partial charge in [-0.1, -0.05) is 83.1 Å². The molecule has 0 unspecified atom stereocenters. The molecule has 1 nitrogen and oxygen atoms in total. The molecule has 31 heavy (non-hydrogen) atoms. The monoisotopic (exact) mass is 403 g/mol. The Balaban J connectivity index is 1.92. The third-order valence-electron chi connectivity index (χ3n) is 6.45. The smallest absolute Gasteiger partial charge is 0.0702 e. The van der Waals surface area contributed by atoms with E-state index < -0.39 is 0 Å². The van der Waals surface area contributed by atoms with Gasteiger partial charge in [-0.2, -0.15) is 0 Å². The third kappa shape index (κ3) is 3.39. The van der Waals surface area contributed by atoms with Crippen LogP contribution < -0.4 is 0 Å². The summed E-state index contributed by atoms with van der Waals surface area (Å²) in [7, 11) is 0. The maximum atomic E-state index is 4.58. The minimum Gasteiger partial charge on any atom is -0.256 e. The number of nitrogens with zero attached hydrogens (tertiary/aromatic N) is 1. The first-order chi connectivity index (χ1) is 14.8. The van der Waals surface area contributed by atoms with E-state index >= 15 is 0 Å². The maximum absolute atomic E-state index is 4.58. The highest BCUT2D eigenvalue weighted by Crippen LogP contribution is 2.39. The van der Waals surface area contributed by atoms with E-state index in [0.29, 0.717) is 5.92 Å². The highest BCUT2D eigenvalue weighted by atomic mass is 14.7. The summed E-state index contributed by atoms with van der Waals surface area (Å²) < 4.78 is 0. The fraction of sp³-hybridized carbons (Fsp3) is 0.233. The van der Waals surface area contributed by atoms with Crippen LogP contribution in [0.25, 0.3) is 43.6 Å². The molecule has 1 heterocycles. The zero-order chi connectivity index (χ0) is 21.8. The molecular weight excluding hydrogens is 374 g/mol. The number of fused-ring (bicyclic) bond motifs is 6. The molecule has 0 saturated carbocycles. The van der Waals surface area contributed by atoms with E-state index in [1.807, 2.05) is 12.3 Å². The van der Waals surface area contributed by atoms with Crippen molar-refractivity contribution in [2.75, 3.05) is 0 Å². The van der Waals surface area contributed by atoms with E-state index in [0.717, 1.165) is 11.3 Å². The SMILES string of the molecule is CC(C)c1ccc2c(c1)c1cc(-c3ccccn3)ccc1c1ccc(C(C)(C)C)cc12. The Bertz CT molecular complexity index is 1420. The quantitative estimate of drug-likeness (QED) is 0.269. The molecule has 0 N–H and O–H groups in total. The Morgan fingerprint density at radius 3 is 1.97 bits per heavy atom. The number of hydrogen-bond acceptors (Lipinski definition) is 1. The first-order valence-electron chi connectivity index (χ1n) is 11.2. The normalized spacial score (nSPS) is 12.3. The van der Waals surface area contributed by atoms with Crippen LogP contribution >= 0.6 is 0 Å². The molecule has 0 spiro atoms. The number of pyridine rings is 1. The van der Waals surface area contributed by atoms with Gasteiger partial charge < -0.3 is 0 Å². The predicted molar refractivity (Wildman–Crippen MR) is 135 cm³/mol. The molecule has 0 aliphatic heterocycles. The second kappa shape index (κ2) is 7.20. The third-order valence-corrected chi connectivity index (χ3v) is 6.45. The molecule has 154 valence electrons. The van der Waals surface area contributed by atoms with E-state index in [2.05, 4.69) is 106 Å². The Morgan fingerprint density at radius 1 is 0.645 bits per heavy atom. The van der Waals surface area contributed by atoms with Gasteiger partial charge in [-0.15, -0.1) is 0 Å². The number of rotatable bonds is 2. The number of benzene rings is 4. The summed E-state index contributed by atoms with van der Waals surface area (Å²) in [6.45, 7) is 11.4. The lowest BCUT2D eigenvalue weighted by Crippen LogP contribution is -2.10. The van der Waals surface area contributed by atoms with Crippen molar-refractivity contribution >= 4 is 32.3 Å². The van der Waals surface area contributed by atoms with Gasteiger partial charge in [0.15, 0.2) is 0 Å². The molecule has 0 aliphatic rings. The molecule has 1 aromatic heterocycles. The molecule has 0 radical (unpaired) electrons. The van der Waals surface area contributed by atoms with Crippen LogP contribution in [-0.2, 0) is 5.41 Å². The average Bonchev–Trinajstić information content (AvgIpc) is 2.78. The second-order valence-corrected chi connectivity index (χ2v) is 9.95. The van der Waals surface area contributed by atoms with E-state index in [4.69, 9.17) is 0 Å². The number of aromatic nitrogens is 1. The molecule has 0 fully saturated rings. The van der Waals surface area contributed by atoms with Crippen LogP contribution in [0.2, 0.25) is 0 Å². The van der Waals surface area contributed by atoms with Crippen LogP contribution in [0, 0.1) is 0 Å². The lowest BCUT2D eigenvalue weighted by Gasteiger charge is -2.21. The van der Waals surface area contributed by atoms with E-state index in [1.165, 1.54) is 43.4 Å². The van der Waals surface area contributed by atoms with Gasteiger partial charge in [0.05, 0.1) is 5.69 Å². The minimum absolute atomic E-state index is 0.121. The molecule has 4 aromatic carbocycles. The van der Waals surface area contributed by atoms with Crippen molar-refractivity contribution in [1.29, 1.82) is 0 Å². The Kier molecular flexibility index (Phi) is 4.59. The van der Waals surface area contributed by atoms with E-state index in [9.17, 15) is 0 Å². The number of hydrogen-bond donors (Lipinski definition) is 0. The van der Waals surface area contributed by atoms with Crippen LogP contribution in [0.5, 0.6) is 0 Å². The topological polar surface area (TPSA) is 12.9 Å². The van der Waals surface area contributed by atoms with E-state index in [-0.39, 0.29) is 5.41 Å². The van der Waals surface area contributed by atoms with Crippen molar-refractivity contribution in [1.82, 2.24) is 4.98 Å². The Hall–Kier alpha value is -3.19. The molecule has 0 amide bonds. The largest absolute Gasteiger partial charge is 0.256 e. The lowest BCUT2D eigenvalue weighted by atomic mass is 9.83. The highest BCUT2D eigenvalue weighted by molar-refractivity contribution is 6.26. The zero-order valence-electron chi connectivity index (χ0n) is 19.0. The molecule has 0 atom stereocenters. The van der Waals surface area contributed by atoms with E-state index in [1.54, 1.807) is 0 Å². The fourth-order valence-corrected chi connectivity index (χ4v) is 4.54. The van der Waals surface area contributed by atoms with Gasteiger partial charge in [-0.3, -0.25) is 4.98 Å². The van der Waals surface area contributed by atoms with Crippen LogP contribution in [0.3, 0.4) is 0 Å². The summed E-state index contributed by atoms with van der Waals surface area (Å²) in [4.78, 5) is 4.58. The van der Waals surface area contributed by atoms with Crippen LogP contribution in [0.15, 0.2) is 79.0 Å². The predicted octanol–water partition coefficient (Wildman–Crippen LogP) is 8.63. The molecular formula is C30H29N. The van der Waals surface area contributed by atoms with Crippen molar-refractivity contribution in [3.63, 3.8) is 0 Å². The van der Waals surface area contributed by atoms with Gasteiger partial charge >= 0.3 is 0 Å². The average molecular weight is 404 g/mol. The van der Waals surface area contributed by atoms with Crippen molar-refractivity contribution in [3.8, 4) is 11.3 Å².